The maximum atomic E-state index is 11.8. The number of amides is 1. The van der Waals surface area contributed by atoms with Crippen LogP contribution in [0.4, 0.5) is 0 Å². The van der Waals surface area contributed by atoms with E-state index in [0.717, 1.165) is 11.3 Å². The molecular weight excluding hydrogens is 216 g/mol. The van der Waals surface area contributed by atoms with E-state index in [9.17, 15) is 4.79 Å². The highest BCUT2D eigenvalue weighted by Crippen LogP contribution is 2.27. The van der Waals surface area contributed by atoms with Crippen LogP contribution in [0.2, 0.25) is 0 Å². The molecule has 0 bridgehead atoms. The van der Waals surface area contributed by atoms with Crippen molar-refractivity contribution < 1.29 is 9.53 Å². The molecule has 4 heteroatoms. The minimum atomic E-state index is -0.00741. The van der Waals surface area contributed by atoms with Gasteiger partial charge in [0.15, 0.2) is 0 Å². The van der Waals surface area contributed by atoms with Crippen LogP contribution in [0.25, 0.3) is 0 Å². The molecule has 17 heavy (non-hydrogen) atoms. The lowest BCUT2D eigenvalue weighted by Crippen LogP contribution is -2.36. The van der Waals surface area contributed by atoms with Gasteiger partial charge in [-0.25, -0.2) is 0 Å². The van der Waals surface area contributed by atoms with E-state index in [2.05, 4.69) is 5.32 Å². The van der Waals surface area contributed by atoms with Crippen molar-refractivity contribution in [3.63, 3.8) is 0 Å². The number of hydrogen-bond acceptors (Lipinski definition) is 3. The first-order valence-corrected chi connectivity index (χ1v) is 5.65. The molecule has 1 aromatic rings. The molecule has 0 fully saturated rings. The third-order valence-corrected chi connectivity index (χ3v) is 2.89. The molecule has 4 nitrogen and oxygen atoms in total. The lowest BCUT2D eigenvalue weighted by atomic mass is 10.1. The molecule has 0 aliphatic heterocycles. The summed E-state index contributed by atoms with van der Waals surface area (Å²) in [5.41, 5.74) is 1.02. The van der Waals surface area contributed by atoms with Gasteiger partial charge in [-0.3, -0.25) is 4.79 Å². The topological polar surface area (TPSA) is 41.6 Å². The van der Waals surface area contributed by atoms with Crippen LogP contribution in [-0.4, -0.2) is 38.6 Å². The summed E-state index contributed by atoms with van der Waals surface area (Å²) >= 11 is 0. The maximum absolute atomic E-state index is 11.8. The normalized spacial score (nSPS) is 12.0. The number of nitrogens with one attached hydrogen (secondary N) is 1. The fourth-order valence-corrected chi connectivity index (χ4v) is 1.71. The van der Waals surface area contributed by atoms with Crippen LogP contribution in [0.5, 0.6) is 5.75 Å². The standard InChI is InChI=1S/C13H20N2O2/c1-10(15(3)13(16)9-14-2)11-7-5-6-8-12(11)17-4/h5-8,10,14H,9H2,1-4H3. The van der Waals surface area contributed by atoms with Gasteiger partial charge in [0, 0.05) is 12.6 Å². The summed E-state index contributed by atoms with van der Waals surface area (Å²) in [5, 5.41) is 2.86. The van der Waals surface area contributed by atoms with Gasteiger partial charge in [-0.2, -0.15) is 0 Å². The molecule has 1 rings (SSSR count). The van der Waals surface area contributed by atoms with E-state index < -0.39 is 0 Å². The van der Waals surface area contributed by atoms with Crippen molar-refractivity contribution in [3.8, 4) is 5.75 Å². The number of para-hydroxylation sites is 1. The van der Waals surface area contributed by atoms with Crippen molar-refractivity contribution in [2.24, 2.45) is 0 Å². The first-order valence-electron chi connectivity index (χ1n) is 5.65. The number of carbonyl (C=O) groups excluding carboxylic acids is 1. The van der Waals surface area contributed by atoms with Gasteiger partial charge >= 0.3 is 0 Å². The zero-order valence-corrected chi connectivity index (χ0v) is 10.9. The fourth-order valence-electron chi connectivity index (χ4n) is 1.71. The number of nitrogens with zero attached hydrogens (tertiary/aromatic N) is 1. The summed E-state index contributed by atoms with van der Waals surface area (Å²) in [6.45, 7) is 2.33. The second-order valence-electron chi connectivity index (χ2n) is 3.95. The van der Waals surface area contributed by atoms with E-state index in [0.29, 0.717) is 6.54 Å². The largest absolute Gasteiger partial charge is 0.496 e. The summed E-state index contributed by atoms with van der Waals surface area (Å²) in [6, 6.07) is 7.75. The van der Waals surface area contributed by atoms with Crippen LogP contribution in [0.15, 0.2) is 24.3 Å². The Balaban J connectivity index is 2.88. The molecule has 0 spiro atoms. The highest BCUT2D eigenvalue weighted by Gasteiger charge is 2.19. The number of ether oxygens (including phenoxy) is 1. The van der Waals surface area contributed by atoms with E-state index in [1.807, 2.05) is 31.2 Å². The molecule has 0 saturated carbocycles. The molecule has 1 N–H and O–H groups in total. The summed E-state index contributed by atoms with van der Waals surface area (Å²) in [6.07, 6.45) is 0. The van der Waals surface area contributed by atoms with Gasteiger partial charge in [-0.05, 0) is 20.0 Å². The van der Waals surface area contributed by atoms with Crippen LogP contribution in [0.1, 0.15) is 18.5 Å². The maximum Gasteiger partial charge on any atom is 0.236 e. The fraction of sp³-hybridized carbons (Fsp3) is 0.462. The van der Waals surface area contributed by atoms with Gasteiger partial charge in [-0.1, -0.05) is 18.2 Å². The van der Waals surface area contributed by atoms with Crippen molar-refractivity contribution in [1.82, 2.24) is 10.2 Å². The minimum Gasteiger partial charge on any atom is -0.496 e. The van der Waals surface area contributed by atoms with Crippen molar-refractivity contribution in [1.29, 1.82) is 0 Å². The van der Waals surface area contributed by atoms with E-state index in [1.54, 1.807) is 26.1 Å². The Morgan fingerprint density at radius 2 is 2.12 bits per heavy atom. The average Bonchev–Trinajstić information content (AvgIpc) is 2.37. The Morgan fingerprint density at radius 1 is 1.47 bits per heavy atom. The van der Waals surface area contributed by atoms with Crippen molar-refractivity contribution in [3.05, 3.63) is 29.8 Å². The monoisotopic (exact) mass is 236 g/mol. The number of likely N-dealkylation sites (N-methyl/N-ethyl adjacent to an activating group) is 2. The highest BCUT2D eigenvalue weighted by molar-refractivity contribution is 5.78. The number of hydrogen-bond donors (Lipinski definition) is 1. The average molecular weight is 236 g/mol. The number of rotatable bonds is 5. The second kappa shape index (κ2) is 6.25. The minimum absolute atomic E-state index is 0.00741. The Morgan fingerprint density at radius 3 is 2.71 bits per heavy atom. The number of benzene rings is 1. The van der Waals surface area contributed by atoms with Crippen molar-refractivity contribution >= 4 is 5.91 Å². The van der Waals surface area contributed by atoms with Crippen molar-refractivity contribution in [2.75, 3.05) is 27.7 Å². The van der Waals surface area contributed by atoms with Gasteiger partial charge in [0.25, 0.3) is 0 Å². The Labute approximate surface area is 103 Å². The quantitative estimate of drug-likeness (QED) is 0.841. The molecule has 0 aromatic heterocycles. The highest BCUT2D eigenvalue weighted by atomic mass is 16.5. The molecule has 1 unspecified atom stereocenters. The molecule has 0 aliphatic rings. The third kappa shape index (κ3) is 3.20. The zero-order chi connectivity index (χ0) is 12.8. The van der Waals surface area contributed by atoms with Gasteiger partial charge in [-0.15, -0.1) is 0 Å². The molecule has 0 radical (unpaired) electrons. The van der Waals surface area contributed by atoms with Crippen LogP contribution >= 0.6 is 0 Å². The number of methoxy groups -OCH3 is 1. The summed E-state index contributed by atoms with van der Waals surface area (Å²) in [7, 11) is 5.21. The molecule has 94 valence electrons. The molecule has 0 aliphatic carbocycles. The molecule has 0 heterocycles. The predicted molar refractivity (Wildman–Crippen MR) is 68.1 cm³/mol. The van der Waals surface area contributed by atoms with Gasteiger partial charge in [0.2, 0.25) is 5.91 Å². The molecule has 0 saturated heterocycles. The smallest absolute Gasteiger partial charge is 0.236 e. The Hall–Kier alpha value is -1.55. The molecular formula is C13H20N2O2. The summed E-state index contributed by atoms with van der Waals surface area (Å²) in [4.78, 5) is 13.5. The predicted octanol–water partition coefficient (Wildman–Crippen LogP) is 1.43. The second-order valence-corrected chi connectivity index (χ2v) is 3.95. The Kier molecular flexibility index (Phi) is 4.97. The first kappa shape index (κ1) is 13.5. The number of carbonyl (C=O) groups is 1. The van der Waals surface area contributed by atoms with Crippen molar-refractivity contribution in [2.45, 2.75) is 13.0 Å². The summed E-state index contributed by atoms with van der Waals surface area (Å²) in [5.74, 6) is 0.870. The summed E-state index contributed by atoms with van der Waals surface area (Å²) < 4.78 is 5.30. The molecule has 1 aromatic carbocycles. The van der Waals surface area contributed by atoms with Gasteiger partial charge < -0.3 is 15.0 Å². The first-order chi connectivity index (χ1) is 8.11. The van der Waals surface area contributed by atoms with E-state index in [4.69, 9.17) is 4.74 Å². The van der Waals surface area contributed by atoms with Gasteiger partial charge in [0.1, 0.15) is 5.75 Å². The van der Waals surface area contributed by atoms with Crippen LogP contribution in [0.3, 0.4) is 0 Å². The van der Waals surface area contributed by atoms with Crippen LogP contribution in [-0.2, 0) is 4.79 Å². The van der Waals surface area contributed by atoms with Gasteiger partial charge in [0.05, 0.1) is 19.7 Å². The van der Waals surface area contributed by atoms with E-state index in [-0.39, 0.29) is 11.9 Å². The lowest BCUT2D eigenvalue weighted by molar-refractivity contribution is -0.130. The van der Waals surface area contributed by atoms with E-state index >= 15 is 0 Å². The SMILES string of the molecule is CNCC(=O)N(C)C(C)c1ccccc1OC. The lowest BCUT2D eigenvalue weighted by Gasteiger charge is -2.26. The third-order valence-electron chi connectivity index (χ3n) is 2.89. The van der Waals surface area contributed by atoms with Crippen LogP contribution < -0.4 is 10.1 Å². The molecule has 1 atom stereocenters. The van der Waals surface area contributed by atoms with Crippen LogP contribution in [0, 0.1) is 0 Å². The molecule has 1 amide bonds. The zero-order valence-electron chi connectivity index (χ0n) is 10.9. The Bertz CT molecular complexity index is 379. The van der Waals surface area contributed by atoms with E-state index in [1.165, 1.54) is 0 Å².